The van der Waals surface area contributed by atoms with E-state index in [1.807, 2.05) is 6.92 Å². The molecule has 0 amide bonds. The lowest BCUT2D eigenvalue weighted by Crippen LogP contribution is -2.52. The number of ketones is 1. The number of aliphatic carboxylic acids is 1. The first-order chi connectivity index (χ1) is 11.7. The molecule has 5 nitrogen and oxygen atoms in total. The zero-order chi connectivity index (χ0) is 18.4. The Hall–Kier alpha value is -1.39. The third-order valence-electron chi connectivity index (χ3n) is 7.97. The zero-order valence-corrected chi connectivity index (χ0v) is 15.5. The van der Waals surface area contributed by atoms with Gasteiger partial charge in [-0.2, -0.15) is 0 Å². The number of hydrogen-bond acceptors (Lipinski definition) is 4. The van der Waals surface area contributed by atoms with Crippen LogP contribution in [-0.2, 0) is 19.1 Å². The highest BCUT2D eigenvalue weighted by atomic mass is 16.5. The monoisotopic (exact) mass is 350 g/mol. The van der Waals surface area contributed by atoms with Gasteiger partial charge in [0.25, 0.3) is 0 Å². The smallest absolute Gasteiger partial charge is 0.307 e. The average Bonchev–Trinajstić information content (AvgIpc) is 2.93. The Bertz CT molecular complexity index is 585. The Labute approximate surface area is 149 Å². The number of ether oxygens (including phenoxy) is 1. The van der Waals surface area contributed by atoms with Crippen LogP contribution in [0.5, 0.6) is 0 Å². The lowest BCUT2D eigenvalue weighted by molar-refractivity contribution is -0.156. The first-order valence-electron chi connectivity index (χ1n) is 9.57. The second kappa shape index (κ2) is 6.40. The van der Waals surface area contributed by atoms with Crippen molar-refractivity contribution in [1.29, 1.82) is 0 Å². The summed E-state index contributed by atoms with van der Waals surface area (Å²) < 4.78 is 4.77. The largest absolute Gasteiger partial charge is 0.481 e. The molecule has 0 spiro atoms. The quantitative estimate of drug-likeness (QED) is 0.786. The van der Waals surface area contributed by atoms with E-state index in [4.69, 9.17) is 4.74 Å². The van der Waals surface area contributed by atoms with Gasteiger partial charge in [-0.05, 0) is 61.7 Å². The normalized spacial score (nSPS) is 43.2. The van der Waals surface area contributed by atoms with Gasteiger partial charge in [0.2, 0.25) is 0 Å². The van der Waals surface area contributed by atoms with Crippen LogP contribution in [0.25, 0.3) is 0 Å². The van der Waals surface area contributed by atoms with Crippen molar-refractivity contribution >= 4 is 17.7 Å². The van der Waals surface area contributed by atoms with Crippen LogP contribution in [0.1, 0.15) is 65.2 Å². The molecule has 5 heteroatoms. The lowest BCUT2D eigenvalue weighted by atomic mass is 9.48. The maximum Gasteiger partial charge on any atom is 0.307 e. The van der Waals surface area contributed by atoms with Gasteiger partial charge < -0.3 is 9.84 Å². The number of methoxy groups -OCH3 is 1. The number of carbonyl (C=O) groups excluding carboxylic acids is 2. The lowest BCUT2D eigenvalue weighted by Gasteiger charge is -2.55. The Morgan fingerprint density at radius 1 is 1.16 bits per heavy atom. The number of carbonyl (C=O) groups is 3. The van der Waals surface area contributed by atoms with E-state index < -0.39 is 11.4 Å². The van der Waals surface area contributed by atoms with Gasteiger partial charge in [-0.3, -0.25) is 14.4 Å². The molecule has 3 rings (SSSR count). The Kier molecular flexibility index (Phi) is 4.71. The van der Waals surface area contributed by atoms with Gasteiger partial charge in [0.15, 0.2) is 0 Å². The van der Waals surface area contributed by atoms with Crippen molar-refractivity contribution in [3.05, 3.63) is 0 Å². The van der Waals surface area contributed by atoms with E-state index in [1.54, 1.807) is 0 Å². The molecule has 3 aliphatic carbocycles. The summed E-state index contributed by atoms with van der Waals surface area (Å²) in [6, 6.07) is 0. The van der Waals surface area contributed by atoms with E-state index in [-0.39, 0.29) is 35.4 Å². The summed E-state index contributed by atoms with van der Waals surface area (Å²) in [6.45, 7) is 4.18. The Balaban J connectivity index is 1.84. The predicted molar refractivity (Wildman–Crippen MR) is 91.8 cm³/mol. The molecule has 3 saturated carbocycles. The molecule has 1 N–H and O–H groups in total. The van der Waals surface area contributed by atoms with E-state index in [1.165, 1.54) is 7.11 Å². The summed E-state index contributed by atoms with van der Waals surface area (Å²) in [5, 5.41) is 9.63. The molecule has 3 aliphatic rings. The molecule has 25 heavy (non-hydrogen) atoms. The van der Waals surface area contributed by atoms with Crippen LogP contribution in [0.4, 0.5) is 0 Å². The highest BCUT2D eigenvalue weighted by Crippen LogP contribution is 2.64. The summed E-state index contributed by atoms with van der Waals surface area (Å²) in [4.78, 5) is 36.1. The fourth-order valence-corrected chi connectivity index (χ4v) is 6.47. The van der Waals surface area contributed by atoms with Crippen LogP contribution in [0.15, 0.2) is 0 Å². The van der Waals surface area contributed by atoms with Gasteiger partial charge in [-0.25, -0.2) is 0 Å². The molecule has 0 aliphatic heterocycles. The number of esters is 1. The maximum absolute atomic E-state index is 12.8. The zero-order valence-electron chi connectivity index (χ0n) is 15.5. The standard InChI is InChI=1S/C20H30O5/c1-19-10-8-14-12(13(19)5-6-15(19)18(23)24)4-7-16(21)20(14,2)11-9-17(22)25-3/h12-15H,4-11H2,1-3H3,(H,23,24)/t12?,13?,14?,15-,19+,20-/m1/s1. The van der Waals surface area contributed by atoms with Crippen LogP contribution >= 0.6 is 0 Å². The number of carboxylic acids is 1. The molecule has 0 heterocycles. The van der Waals surface area contributed by atoms with Crippen molar-refractivity contribution in [3.63, 3.8) is 0 Å². The predicted octanol–water partition coefficient (Wildman–Crippen LogP) is 3.45. The van der Waals surface area contributed by atoms with Crippen LogP contribution in [-0.4, -0.2) is 29.9 Å². The third-order valence-corrected chi connectivity index (χ3v) is 7.97. The summed E-state index contributed by atoms with van der Waals surface area (Å²) in [7, 11) is 1.38. The van der Waals surface area contributed by atoms with Gasteiger partial charge in [-0.15, -0.1) is 0 Å². The molecular formula is C20H30O5. The molecule has 0 aromatic carbocycles. The molecular weight excluding hydrogens is 320 g/mol. The minimum absolute atomic E-state index is 0.142. The first-order valence-corrected chi connectivity index (χ1v) is 9.57. The van der Waals surface area contributed by atoms with Crippen molar-refractivity contribution in [2.75, 3.05) is 7.11 Å². The third kappa shape index (κ3) is 2.80. The van der Waals surface area contributed by atoms with E-state index >= 15 is 0 Å². The van der Waals surface area contributed by atoms with Crippen LogP contribution < -0.4 is 0 Å². The van der Waals surface area contributed by atoms with Crippen molar-refractivity contribution in [2.45, 2.75) is 65.2 Å². The number of rotatable bonds is 4. The summed E-state index contributed by atoms with van der Waals surface area (Å²) in [5.74, 6) is 0.157. The molecule has 3 unspecified atom stereocenters. The molecule has 0 aromatic rings. The van der Waals surface area contributed by atoms with Gasteiger partial charge in [0.1, 0.15) is 5.78 Å². The van der Waals surface area contributed by atoms with Crippen LogP contribution in [0.2, 0.25) is 0 Å². The van der Waals surface area contributed by atoms with Crippen molar-refractivity contribution in [3.8, 4) is 0 Å². The number of hydrogen-bond donors (Lipinski definition) is 1. The molecule has 0 bridgehead atoms. The topological polar surface area (TPSA) is 80.7 Å². The fourth-order valence-electron chi connectivity index (χ4n) is 6.47. The molecule has 0 radical (unpaired) electrons. The molecule has 3 fully saturated rings. The first kappa shape index (κ1) is 18.4. The summed E-state index contributed by atoms with van der Waals surface area (Å²) in [6.07, 6.45) is 5.74. The van der Waals surface area contributed by atoms with Crippen molar-refractivity contribution in [1.82, 2.24) is 0 Å². The van der Waals surface area contributed by atoms with Crippen molar-refractivity contribution < 1.29 is 24.2 Å². The molecule has 140 valence electrons. The second-order valence-electron chi connectivity index (χ2n) is 8.84. The number of Topliss-reactive ketones (excluding diaryl/α,β-unsaturated/α-hetero) is 1. The van der Waals surface area contributed by atoms with E-state index in [0.29, 0.717) is 24.7 Å². The average molecular weight is 350 g/mol. The minimum atomic E-state index is -0.663. The van der Waals surface area contributed by atoms with Crippen LogP contribution in [0.3, 0.4) is 0 Å². The highest BCUT2D eigenvalue weighted by molar-refractivity contribution is 5.86. The van der Waals surface area contributed by atoms with Crippen molar-refractivity contribution in [2.24, 2.45) is 34.5 Å². The summed E-state index contributed by atoms with van der Waals surface area (Å²) >= 11 is 0. The van der Waals surface area contributed by atoms with Gasteiger partial charge in [0.05, 0.1) is 13.0 Å². The maximum atomic E-state index is 12.8. The SMILES string of the molecule is COC(=O)CC[C@@]1(C)C(=O)CCC2C1CC[C@@]1(C)C2CC[C@@H]1C(=O)O. The summed E-state index contributed by atoms with van der Waals surface area (Å²) in [5.41, 5.74) is -0.615. The molecule has 6 atom stereocenters. The van der Waals surface area contributed by atoms with Gasteiger partial charge in [0, 0.05) is 18.3 Å². The van der Waals surface area contributed by atoms with E-state index in [2.05, 4.69) is 6.92 Å². The van der Waals surface area contributed by atoms with E-state index in [9.17, 15) is 19.5 Å². The van der Waals surface area contributed by atoms with Gasteiger partial charge in [-0.1, -0.05) is 13.8 Å². The highest BCUT2D eigenvalue weighted by Gasteiger charge is 2.60. The number of carboxylic acid groups (broad SMARTS) is 1. The Morgan fingerprint density at radius 3 is 2.52 bits per heavy atom. The second-order valence-corrected chi connectivity index (χ2v) is 8.84. The van der Waals surface area contributed by atoms with Gasteiger partial charge >= 0.3 is 11.9 Å². The molecule has 0 aromatic heterocycles. The Morgan fingerprint density at radius 2 is 1.88 bits per heavy atom. The molecule has 0 saturated heterocycles. The van der Waals surface area contributed by atoms with Crippen LogP contribution in [0, 0.1) is 34.5 Å². The minimum Gasteiger partial charge on any atom is -0.481 e. The fraction of sp³-hybridized carbons (Fsp3) is 0.850. The number of fused-ring (bicyclic) bond motifs is 3. The van der Waals surface area contributed by atoms with E-state index in [0.717, 1.165) is 32.1 Å².